The van der Waals surface area contributed by atoms with Gasteiger partial charge in [-0.1, -0.05) is 31.2 Å². The lowest BCUT2D eigenvalue weighted by Gasteiger charge is -2.12. The zero-order chi connectivity index (χ0) is 13.1. The topological polar surface area (TPSA) is 29.9 Å². The van der Waals surface area contributed by atoms with Crippen molar-refractivity contribution < 1.29 is 0 Å². The van der Waals surface area contributed by atoms with Gasteiger partial charge in [0, 0.05) is 30.9 Å². The third-order valence-electron chi connectivity index (χ3n) is 3.60. The molecule has 0 bridgehead atoms. The Hall–Kier alpha value is -1.61. The fourth-order valence-corrected chi connectivity index (χ4v) is 2.42. The van der Waals surface area contributed by atoms with Gasteiger partial charge in [-0.3, -0.25) is 4.68 Å². The molecule has 100 valence electrons. The largest absolute Gasteiger partial charge is 0.310 e. The molecule has 3 rings (SSSR count). The molecule has 0 aliphatic heterocycles. The Kier molecular flexibility index (Phi) is 3.65. The smallest absolute Gasteiger partial charge is 0.0685 e. The van der Waals surface area contributed by atoms with E-state index in [1.807, 2.05) is 6.20 Å². The maximum atomic E-state index is 4.43. The third-order valence-corrected chi connectivity index (χ3v) is 3.60. The van der Waals surface area contributed by atoms with Crippen LogP contribution in [-0.2, 0) is 13.1 Å². The Bertz CT molecular complexity index is 540. The first-order chi connectivity index (χ1) is 9.38. The molecule has 1 aliphatic rings. The number of nitrogens with one attached hydrogen (secondary N) is 1. The Morgan fingerprint density at radius 1 is 1.26 bits per heavy atom. The lowest BCUT2D eigenvalue weighted by Crippen LogP contribution is -2.16. The van der Waals surface area contributed by atoms with Gasteiger partial charge in [-0.2, -0.15) is 5.10 Å². The predicted octanol–water partition coefficient (Wildman–Crippen LogP) is 3.21. The summed E-state index contributed by atoms with van der Waals surface area (Å²) in [6.45, 7) is 4.12. The normalized spacial score (nSPS) is 14.8. The summed E-state index contributed by atoms with van der Waals surface area (Å²) in [6.07, 6.45) is 5.67. The van der Waals surface area contributed by atoms with Crippen molar-refractivity contribution in [1.82, 2.24) is 15.1 Å². The zero-order valence-electron chi connectivity index (χ0n) is 11.5. The molecule has 1 N–H and O–H groups in total. The lowest BCUT2D eigenvalue weighted by atomic mass is 10.0. The highest BCUT2D eigenvalue weighted by atomic mass is 15.3. The quantitative estimate of drug-likeness (QED) is 0.859. The number of nitrogens with zero attached hydrogens (tertiary/aromatic N) is 2. The van der Waals surface area contributed by atoms with Crippen LogP contribution in [0.15, 0.2) is 36.5 Å². The zero-order valence-corrected chi connectivity index (χ0v) is 11.5. The molecule has 0 unspecified atom stereocenters. The summed E-state index contributed by atoms with van der Waals surface area (Å²) in [5.74, 6) is 0. The van der Waals surface area contributed by atoms with E-state index in [-0.39, 0.29) is 0 Å². The van der Waals surface area contributed by atoms with Gasteiger partial charge in [-0.15, -0.1) is 0 Å². The second-order valence-electron chi connectivity index (χ2n) is 5.25. The molecular weight excluding hydrogens is 234 g/mol. The number of rotatable bonds is 6. The Morgan fingerprint density at radius 3 is 2.89 bits per heavy atom. The first kappa shape index (κ1) is 12.4. The van der Waals surface area contributed by atoms with Crippen LogP contribution in [0.3, 0.4) is 0 Å². The summed E-state index contributed by atoms with van der Waals surface area (Å²) >= 11 is 0. The Balaban J connectivity index is 1.87. The summed E-state index contributed by atoms with van der Waals surface area (Å²) in [5, 5.41) is 8.02. The second kappa shape index (κ2) is 5.57. The van der Waals surface area contributed by atoms with Gasteiger partial charge in [-0.05, 0) is 30.9 Å². The van der Waals surface area contributed by atoms with Crippen LogP contribution in [0.2, 0.25) is 0 Å². The van der Waals surface area contributed by atoms with Crippen molar-refractivity contribution in [3.05, 3.63) is 42.1 Å². The molecule has 0 radical (unpaired) electrons. The van der Waals surface area contributed by atoms with Crippen LogP contribution in [0.1, 0.15) is 31.7 Å². The van der Waals surface area contributed by atoms with E-state index in [0.717, 1.165) is 25.6 Å². The van der Waals surface area contributed by atoms with Crippen molar-refractivity contribution in [3.8, 4) is 11.3 Å². The molecule has 0 atom stereocenters. The molecule has 1 aromatic heterocycles. The molecule has 1 saturated carbocycles. The average molecular weight is 255 g/mol. The van der Waals surface area contributed by atoms with E-state index >= 15 is 0 Å². The van der Waals surface area contributed by atoms with Crippen molar-refractivity contribution >= 4 is 0 Å². The van der Waals surface area contributed by atoms with Crippen molar-refractivity contribution in [2.75, 3.05) is 0 Å². The van der Waals surface area contributed by atoms with E-state index in [1.54, 1.807) is 0 Å². The highest BCUT2D eigenvalue weighted by Gasteiger charge is 2.20. The molecule has 2 aromatic rings. The molecule has 1 fully saturated rings. The van der Waals surface area contributed by atoms with Crippen LogP contribution in [0.5, 0.6) is 0 Å². The molecule has 1 aromatic carbocycles. The number of aromatic nitrogens is 2. The van der Waals surface area contributed by atoms with Crippen molar-refractivity contribution in [2.24, 2.45) is 0 Å². The molecule has 1 aliphatic carbocycles. The van der Waals surface area contributed by atoms with Crippen LogP contribution < -0.4 is 5.32 Å². The maximum absolute atomic E-state index is 4.43. The van der Waals surface area contributed by atoms with Gasteiger partial charge in [0.25, 0.3) is 0 Å². The average Bonchev–Trinajstić information content (AvgIpc) is 3.16. The minimum absolute atomic E-state index is 0.744. The predicted molar refractivity (Wildman–Crippen MR) is 77.8 cm³/mol. The fourth-order valence-electron chi connectivity index (χ4n) is 2.42. The van der Waals surface area contributed by atoms with Crippen LogP contribution in [0.4, 0.5) is 0 Å². The van der Waals surface area contributed by atoms with Crippen LogP contribution >= 0.6 is 0 Å². The molecule has 1 heterocycles. The van der Waals surface area contributed by atoms with E-state index in [9.17, 15) is 0 Å². The SMILES string of the molecule is CCCn1nccc1-c1ccccc1CNC1CC1. The van der Waals surface area contributed by atoms with E-state index in [1.165, 1.54) is 29.7 Å². The second-order valence-corrected chi connectivity index (χ2v) is 5.25. The molecule has 0 spiro atoms. The van der Waals surface area contributed by atoms with E-state index in [4.69, 9.17) is 0 Å². The highest BCUT2D eigenvalue weighted by molar-refractivity contribution is 5.63. The third kappa shape index (κ3) is 2.87. The van der Waals surface area contributed by atoms with Crippen molar-refractivity contribution in [2.45, 2.75) is 45.3 Å². The molecule has 3 heteroatoms. The molecule has 0 amide bonds. The fraction of sp³-hybridized carbons (Fsp3) is 0.438. The van der Waals surface area contributed by atoms with E-state index in [0.29, 0.717) is 0 Å². The van der Waals surface area contributed by atoms with Gasteiger partial charge in [0.2, 0.25) is 0 Å². The molecule has 19 heavy (non-hydrogen) atoms. The monoisotopic (exact) mass is 255 g/mol. The number of hydrogen-bond donors (Lipinski definition) is 1. The molecule has 3 nitrogen and oxygen atoms in total. The van der Waals surface area contributed by atoms with Gasteiger partial charge >= 0.3 is 0 Å². The van der Waals surface area contributed by atoms with Gasteiger partial charge in [0.05, 0.1) is 5.69 Å². The Morgan fingerprint density at radius 2 is 2.11 bits per heavy atom. The first-order valence-corrected chi connectivity index (χ1v) is 7.22. The van der Waals surface area contributed by atoms with Crippen LogP contribution in [0, 0.1) is 0 Å². The number of benzene rings is 1. The summed E-state index contributed by atoms with van der Waals surface area (Å²) < 4.78 is 2.11. The van der Waals surface area contributed by atoms with E-state index in [2.05, 4.69) is 52.4 Å². The van der Waals surface area contributed by atoms with Crippen LogP contribution in [0.25, 0.3) is 11.3 Å². The van der Waals surface area contributed by atoms with Gasteiger partial charge in [-0.25, -0.2) is 0 Å². The number of hydrogen-bond acceptors (Lipinski definition) is 2. The van der Waals surface area contributed by atoms with Gasteiger partial charge in [0.1, 0.15) is 0 Å². The lowest BCUT2D eigenvalue weighted by molar-refractivity contribution is 0.608. The summed E-state index contributed by atoms with van der Waals surface area (Å²) in [7, 11) is 0. The summed E-state index contributed by atoms with van der Waals surface area (Å²) in [5.41, 5.74) is 3.91. The summed E-state index contributed by atoms with van der Waals surface area (Å²) in [6, 6.07) is 11.5. The van der Waals surface area contributed by atoms with Gasteiger partial charge in [0.15, 0.2) is 0 Å². The van der Waals surface area contributed by atoms with Crippen molar-refractivity contribution in [3.63, 3.8) is 0 Å². The minimum Gasteiger partial charge on any atom is -0.310 e. The number of aryl methyl sites for hydroxylation is 1. The Labute approximate surface area is 114 Å². The summed E-state index contributed by atoms with van der Waals surface area (Å²) in [4.78, 5) is 0. The molecule has 0 saturated heterocycles. The van der Waals surface area contributed by atoms with Crippen molar-refractivity contribution in [1.29, 1.82) is 0 Å². The highest BCUT2D eigenvalue weighted by Crippen LogP contribution is 2.25. The van der Waals surface area contributed by atoms with E-state index < -0.39 is 0 Å². The standard InChI is InChI=1S/C16H21N3/c1-2-11-19-16(9-10-18-19)15-6-4-3-5-13(15)12-17-14-7-8-14/h3-6,9-10,14,17H,2,7-8,11-12H2,1H3. The molecular formula is C16H21N3. The maximum Gasteiger partial charge on any atom is 0.0685 e. The van der Waals surface area contributed by atoms with Crippen LogP contribution in [-0.4, -0.2) is 15.8 Å². The van der Waals surface area contributed by atoms with Gasteiger partial charge < -0.3 is 5.32 Å². The minimum atomic E-state index is 0.744. The first-order valence-electron chi connectivity index (χ1n) is 7.22.